The zero-order chi connectivity index (χ0) is 13.1. The average molecular weight is 328 g/mol. The van der Waals surface area contributed by atoms with E-state index < -0.39 is 10.0 Å². The van der Waals surface area contributed by atoms with Gasteiger partial charge in [-0.05, 0) is 26.2 Å². The van der Waals surface area contributed by atoms with Crippen molar-refractivity contribution in [1.29, 1.82) is 0 Å². The van der Waals surface area contributed by atoms with Crippen LogP contribution in [0, 0.1) is 5.92 Å². The SMILES string of the molecule is CC(C)OCCS(=O)(=O)N1CCC(Br)C(C)C1. The predicted molar refractivity (Wildman–Crippen MR) is 72.9 cm³/mol. The fraction of sp³-hybridized carbons (Fsp3) is 1.00. The summed E-state index contributed by atoms with van der Waals surface area (Å²) in [4.78, 5) is 0.431. The number of hydrogen-bond acceptors (Lipinski definition) is 3. The molecule has 0 amide bonds. The van der Waals surface area contributed by atoms with Gasteiger partial charge in [-0.15, -0.1) is 0 Å². The van der Waals surface area contributed by atoms with Gasteiger partial charge >= 0.3 is 0 Å². The fourth-order valence-corrected chi connectivity index (χ4v) is 3.63. The monoisotopic (exact) mass is 327 g/mol. The molecule has 1 heterocycles. The van der Waals surface area contributed by atoms with Gasteiger partial charge in [0.1, 0.15) is 0 Å². The molecule has 1 saturated heterocycles. The van der Waals surface area contributed by atoms with E-state index in [9.17, 15) is 8.42 Å². The number of alkyl halides is 1. The summed E-state index contributed by atoms with van der Waals surface area (Å²) in [5, 5.41) is 0. The first-order valence-corrected chi connectivity index (χ1v) is 8.59. The number of halogens is 1. The van der Waals surface area contributed by atoms with Crippen molar-refractivity contribution in [3.63, 3.8) is 0 Å². The number of piperidine rings is 1. The summed E-state index contributed by atoms with van der Waals surface area (Å²) in [5.41, 5.74) is 0. The third-order valence-electron chi connectivity index (χ3n) is 2.95. The Balaban J connectivity index is 2.47. The minimum Gasteiger partial charge on any atom is -0.378 e. The van der Waals surface area contributed by atoms with Gasteiger partial charge in [-0.1, -0.05) is 22.9 Å². The van der Waals surface area contributed by atoms with Crippen LogP contribution in [0.25, 0.3) is 0 Å². The molecular weight excluding hydrogens is 306 g/mol. The van der Waals surface area contributed by atoms with Crippen molar-refractivity contribution in [3.05, 3.63) is 0 Å². The van der Waals surface area contributed by atoms with E-state index in [1.54, 1.807) is 4.31 Å². The van der Waals surface area contributed by atoms with E-state index in [-0.39, 0.29) is 18.5 Å². The Kier molecular flexibility index (Phi) is 5.89. The molecule has 0 aromatic heterocycles. The maximum atomic E-state index is 12.0. The van der Waals surface area contributed by atoms with Crippen LogP contribution in [0.5, 0.6) is 0 Å². The molecule has 1 aliphatic rings. The molecule has 2 atom stereocenters. The maximum Gasteiger partial charge on any atom is 0.216 e. The first-order valence-electron chi connectivity index (χ1n) is 6.06. The second-order valence-electron chi connectivity index (χ2n) is 4.88. The van der Waals surface area contributed by atoms with E-state index in [1.807, 2.05) is 13.8 Å². The highest BCUT2D eigenvalue weighted by atomic mass is 79.9. The first kappa shape index (κ1) is 15.4. The van der Waals surface area contributed by atoms with E-state index in [1.165, 1.54) is 0 Å². The van der Waals surface area contributed by atoms with Crippen LogP contribution in [0.3, 0.4) is 0 Å². The van der Waals surface area contributed by atoms with Gasteiger partial charge in [0.2, 0.25) is 10.0 Å². The van der Waals surface area contributed by atoms with Gasteiger partial charge < -0.3 is 4.74 Å². The van der Waals surface area contributed by atoms with Crippen LogP contribution < -0.4 is 0 Å². The van der Waals surface area contributed by atoms with Gasteiger partial charge in [-0.3, -0.25) is 0 Å². The standard InChI is InChI=1S/C11H22BrNO3S/c1-9(2)16-6-7-17(14,15)13-5-4-11(12)10(3)8-13/h9-11H,4-8H2,1-3H3. The maximum absolute atomic E-state index is 12.0. The van der Waals surface area contributed by atoms with Gasteiger partial charge in [0, 0.05) is 17.9 Å². The van der Waals surface area contributed by atoms with Gasteiger partial charge in [0.25, 0.3) is 0 Å². The Labute approximate surface area is 113 Å². The van der Waals surface area contributed by atoms with Crippen molar-refractivity contribution in [3.8, 4) is 0 Å². The molecule has 17 heavy (non-hydrogen) atoms. The summed E-state index contributed by atoms with van der Waals surface area (Å²) in [6.07, 6.45) is 0.961. The molecule has 1 fully saturated rings. The molecule has 2 unspecified atom stereocenters. The van der Waals surface area contributed by atoms with Crippen LogP contribution in [0.15, 0.2) is 0 Å². The third kappa shape index (κ3) is 4.85. The van der Waals surface area contributed by atoms with Crippen molar-refractivity contribution in [2.75, 3.05) is 25.4 Å². The highest BCUT2D eigenvalue weighted by Crippen LogP contribution is 2.25. The molecule has 0 aromatic carbocycles. The first-order chi connectivity index (χ1) is 7.83. The summed E-state index contributed by atoms with van der Waals surface area (Å²) in [6.45, 7) is 7.40. The molecule has 4 nitrogen and oxygen atoms in total. The third-order valence-corrected chi connectivity index (χ3v) is 6.11. The molecule has 0 N–H and O–H groups in total. The van der Waals surface area contributed by atoms with Crippen molar-refractivity contribution < 1.29 is 13.2 Å². The molecule has 6 heteroatoms. The topological polar surface area (TPSA) is 46.6 Å². The van der Waals surface area contributed by atoms with Gasteiger partial charge in [0.15, 0.2) is 0 Å². The molecule has 102 valence electrons. The summed E-state index contributed by atoms with van der Waals surface area (Å²) >= 11 is 3.57. The molecule has 1 rings (SSSR count). The summed E-state index contributed by atoms with van der Waals surface area (Å²) < 4.78 is 31.0. The Hall–Kier alpha value is 0.350. The van der Waals surface area contributed by atoms with Crippen molar-refractivity contribution in [2.45, 2.75) is 38.1 Å². The van der Waals surface area contributed by atoms with Crippen LogP contribution in [0.2, 0.25) is 0 Å². The number of ether oxygens (including phenoxy) is 1. The minimum absolute atomic E-state index is 0.0809. The molecule has 0 aromatic rings. The Morgan fingerprint density at radius 3 is 2.65 bits per heavy atom. The zero-order valence-corrected chi connectivity index (χ0v) is 13.1. The van der Waals surface area contributed by atoms with E-state index in [0.29, 0.717) is 23.8 Å². The summed E-state index contributed by atoms with van der Waals surface area (Å²) in [5.74, 6) is 0.453. The van der Waals surface area contributed by atoms with Crippen LogP contribution in [0.4, 0.5) is 0 Å². The molecule has 0 aliphatic carbocycles. The van der Waals surface area contributed by atoms with Crippen molar-refractivity contribution >= 4 is 26.0 Å². The fourth-order valence-electron chi connectivity index (χ4n) is 1.85. The van der Waals surface area contributed by atoms with Crippen LogP contribution in [-0.4, -0.2) is 49.1 Å². The lowest BCUT2D eigenvalue weighted by Gasteiger charge is -2.33. The summed E-state index contributed by atoms with van der Waals surface area (Å²) in [7, 11) is -3.15. The lowest BCUT2D eigenvalue weighted by Crippen LogP contribution is -2.44. The zero-order valence-electron chi connectivity index (χ0n) is 10.7. The quantitative estimate of drug-likeness (QED) is 0.724. The number of hydrogen-bond donors (Lipinski definition) is 0. The van der Waals surface area contributed by atoms with Crippen molar-refractivity contribution in [2.24, 2.45) is 5.92 Å². The number of rotatable bonds is 5. The Morgan fingerprint density at radius 1 is 1.47 bits per heavy atom. The minimum atomic E-state index is -3.15. The molecular formula is C11H22BrNO3S. The Bertz CT molecular complexity index is 332. The molecule has 0 radical (unpaired) electrons. The average Bonchev–Trinajstić information content (AvgIpc) is 2.21. The van der Waals surface area contributed by atoms with Gasteiger partial charge in [-0.2, -0.15) is 0 Å². The number of nitrogens with zero attached hydrogens (tertiary/aromatic N) is 1. The molecule has 0 spiro atoms. The van der Waals surface area contributed by atoms with Crippen LogP contribution in [0.1, 0.15) is 27.2 Å². The predicted octanol–water partition coefficient (Wildman–Crippen LogP) is 1.85. The highest BCUT2D eigenvalue weighted by molar-refractivity contribution is 9.09. The van der Waals surface area contributed by atoms with E-state index in [4.69, 9.17) is 4.74 Å². The lowest BCUT2D eigenvalue weighted by atomic mass is 10.0. The normalized spacial score (nSPS) is 27.6. The Morgan fingerprint density at radius 2 is 2.12 bits per heavy atom. The van der Waals surface area contributed by atoms with Crippen molar-refractivity contribution in [1.82, 2.24) is 4.31 Å². The molecule has 0 saturated carbocycles. The molecule has 0 bridgehead atoms. The van der Waals surface area contributed by atoms with Crippen LogP contribution >= 0.6 is 15.9 Å². The second-order valence-corrected chi connectivity index (χ2v) is 8.14. The summed E-state index contributed by atoms with van der Waals surface area (Å²) in [6, 6.07) is 0. The van der Waals surface area contributed by atoms with E-state index in [2.05, 4.69) is 22.9 Å². The van der Waals surface area contributed by atoms with Gasteiger partial charge in [0.05, 0.1) is 18.5 Å². The second kappa shape index (κ2) is 6.50. The number of sulfonamides is 1. The van der Waals surface area contributed by atoms with Gasteiger partial charge in [-0.25, -0.2) is 12.7 Å². The highest BCUT2D eigenvalue weighted by Gasteiger charge is 2.31. The smallest absolute Gasteiger partial charge is 0.216 e. The van der Waals surface area contributed by atoms with Crippen LogP contribution in [-0.2, 0) is 14.8 Å². The largest absolute Gasteiger partial charge is 0.378 e. The van der Waals surface area contributed by atoms with E-state index in [0.717, 1.165) is 6.42 Å². The lowest BCUT2D eigenvalue weighted by molar-refractivity contribution is 0.0905. The van der Waals surface area contributed by atoms with E-state index >= 15 is 0 Å². The molecule has 1 aliphatic heterocycles.